The predicted octanol–water partition coefficient (Wildman–Crippen LogP) is 1.20. The SMILES string of the molecule is COC(=O)[C@@H](C)CNCCCOC(C)C. The van der Waals surface area contributed by atoms with Crippen LogP contribution >= 0.6 is 0 Å². The molecule has 0 unspecified atom stereocenters. The Morgan fingerprint density at radius 1 is 1.33 bits per heavy atom. The summed E-state index contributed by atoms with van der Waals surface area (Å²) in [5.41, 5.74) is 0. The fourth-order valence-corrected chi connectivity index (χ4v) is 1.12. The molecular weight excluding hydrogens is 194 g/mol. The fourth-order valence-electron chi connectivity index (χ4n) is 1.12. The molecule has 90 valence electrons. The van der Waals surface area contributed by atoms with E-state index in [0.717, 1.165) is 19.6 Å². The van der Waals surface area contributed by atoms with Gasteiger partial charge < -0.3 is 14.8 Å². The van der Waals surface area contributed by atoms with E-state index in [1.54, 1.807) is 0 Å². The van der Waals surface area contributed by atoms with Crippen molar-refractivity contribution in [3.05, 3.63) is 0 Å². The van der Waals surface area contributed by atoms with Crippen LogP contribution in [0.5, 0.6) is 0 Å². The average molecular weight is 217 g/mol. The van der Waals surface area contributed by atoms with Crippen LogP contribution in [-0.2, 0) is 14.3 Å². The zero-order chi connectivity index (χ0) is 11.7. The Morgan fingerprint density at radius 2 is 2.00 bits per heavy atom. The number of hydrogen-bond acceptors (Lipinski definition) is 4. The van der Waals surface area contributed by atoms with Crippen molar-refractivity contribution in [3.8, 4) is 0 Å². The van der Waals surface area contributed by atoms with E-state index in [1.165, 1.54) is 7.11 Å². The molecule has 0 bridgehead atoms. The highest BCUT2D eigenvalue weighted by Crippen LogP contribution is 1.95. The molecule has 0 fully saturated rings. The van der Waals surface area contributed by atoms with Gasteiger partial charge in [0.2, 0.25) is 0 Å². The minimum absolute atomic E-state index is 0.0824. The van der Waals surface area contributed by atoms with Crippen molar-refractivity contribution in [2.45, 2.75) is 33.3 Å². The molecule has 0 saturated carbocycles. The molecule has 0 heterocycles. The number of ether oxygens (including phenoxy) is 2. The van der Waals surface area contributed by atoms with E-state index in [1.807, 2.05) is 20.8 Å². The number of carbonyl (C=O) groups is 1. The van der Waals surface area contributed by atoms with E-state index >= 15 is 0 Å². The van der Waals surface area contributed by atoms with Crippen molar-refractivity contribution in [2.75, 3.05) is 26.8 Å². The van der Waals surface area contributed by atoms with Crippen molar-refractivity contribution < 1.29 is 14.3 Å². The lowest BCUT2D eigenvalue weighted by Gasteiger charge is -2.11. The van der Waals surface area contributed by atoms with Gasteiger partial charge in [0, 0.05) is 13.2 Å². The van der Waals surface area contributed by atoms with E-state index < -0.39 is 0 Å². The standard InChI is InChI=1S/C11H23NO3/c1-9(2)15-7-5-6-12-8-10(3)11(13)14-4/h9-10,12H,5-8H2,1-4H3/t10-/m0/s1. The Morgan fingerprint density at radius 3 is 2.53 bits per heavy atom. The Balaban J connectivity index is 3.27. The van der Waals surface area contributed by atoms with Crippen molar-refractivity contribution in [1.82, 2.24) is 5.32 Å². The molecule has 0 aromatic carbocycles. The molecule has 1 atom stereocenters. The molecule has 0 radical (unpaired) electrons. The maximum atomic E-state index is 11.0. The topological polar surface area (TPSA) is 47.6 Å². The van der Waals surface area contributed by atoms with Crippen LogP contribution in [0.25, 0.3) is 0 Å². The quantitative estimate of drug-likeness (QED) is 0.490. The molecule has 4 heteroatoms. The van der Waals surface area contributed by atoms with Gasteiger partial charge in [0.1, 0.15) is 0 Å². The Bertz CT molecular complexity index is 171. The molecule has 0 aliphatic heterocycles. The third kappa shape index (κ3) is 8.39. The lowest BCUT2D eigenvalue weighted by Crippen LogP contribution is -2.28. The summed E-state index contributed by atoms with van der Waals surface area (Å²) in [4.78, 5) is 11.0. The second kappa shape index (κ2) is 8.68. The summed E-state index contributed by atoms with van der Waals surface area (Å²) < 4.78 is 10.0. The first-order chi connectivity index (χ1) is 7.07. The fraction of sp³-hybridized carbons (Fsp3) is 0.909. The van der Waals surface area contributed by atoms with Crippen LogP contribution in [0, 0.1) is 5.92 Å². The maximum Gasteiger partial charge on any atom is 0.309 e. The van der Waals surface area contributed by atoms with Crippen LogP contribution in [0.2, 0.25) is 0 Å². The maximum absolute atomic E-state index is 11.0. The third-order valence-electron chi connectivity index (χ3n) is 2.00. The summed E-state index contributed by atoms with van der Waals surface area (Å²) in [5, 5.41) is 3.19. The molecule has 0 rings (SSSR count). The van der Waals surface area contributed by atoms with Gasteiger partial charge in [-0.05, 0) is 26.8 Å². The summed E-state index contributed by atoms with van der Waals surface area (Å²) in [7, 11) is 1.41. The van der Waals surface area contributed by atoms with Gasteiger partial charge in [-0.1, -0.05) is 6.92 Å². The second-order valence-electron chi connectivity index (χ2n) is 3.90. The van der Waals surface area contributed by atoms with Gasteiger partial charge in [0.25, 0.3) is 0 Å². The molecule has 0 aromatic heterocycles. The largest absolute Gasteiger partial charge is 0.469 e. The van der Waals surface area contributed by atoms with Gasteiger partial charge >= 0.3 is 5.97 Å². The highest BCUT2D eigenvalue weighted by atomic mass is 16.5. The summed E-state index contributed by atoms with van der Waals surface area (Å²) in [6, 6.07) is 0. The zero-order valence-electron chi connectivity index (χ0n) is 10.2. The molecule has 0 aliphatic carbocycles. The van der Waals surface area contributed by atoms with Gasteiger partial charge in [-0.25, -0.2) is 0 Å². The van der Waals surface area contributed by atoms with Crippen LogP contribution < -0.4 is 5.32 Å². The molecule has 1 N–H and O–H groups in total. The van der Waals surface area contributed by atoms with Crippen molar-refractivity contribution in [3.63, 3.8) is 0 Å². The van der Waals surface area contributed by atoms with Gasteiger partial charge in [-0.3, -0.25) is 4.79 Å². The molecule has 0 saturated heterocycles. The molecule has 0 spiro atoms. The van der Waals surface area contributed by atoms with Gasteiger partial charge in [-0.15, -0.1) is 0 Å². The smallest absolute Gasteiger partial charge is 0.309 e. The Hall–Kier alpha value is -0.610. The van der Waals surface area contributed by atoms with E-state index in [2.05, 4.69) is 10.1 Å². The van der Waals surface area contributed by atoms with Gasteiger partial charge in [0.05, 0.1) is 19.1 Å². The summed E-state index contributed by atoms with van der Waals surface area (Å²) >= 11 is 0. The summed E-state index contributed by atoms with van der Waals surface area (Å²) in [5.74, 6) is -0.248. The van der Waals surface area contributed by atoms with E-state index in [0.29, 0.717) is 12.6 Å². The number of carbonyl (C=O) groups excluding carboxylic acids is 1. The average Bonchev–Trinajstić information content (AvgIpc) is 2.21. The van der Waals surface area contributed by atoms with Crippen molar-refractivity contribution in [2.24, 2.45) is 5.92 Å². The lowest BCUT2D eigenvalue weighted by atomic mass is 10.2. The van der Waals surface area contributed by atoms with Crippen molar-refractivity contribution in [1.29, 1.82) is 0 Å². The van der Waals surface area contributed by atoms with E-state index in [9.17, 15) is 4.79 Å². The highest BCUT2D eigenvalue weighted by molar-refractivity contribution is 5.71. The number of hydrogen-bond donors (Lipinski definition) is 1. The second-order valence-corrected chi connectivity index (χ2v) is 3.90. The van der Waals surface area contributed by atoms with Gasteiger partial charge in [0.15, 0.2) is 0 Å². The summed E-state index contributed by atoms with van der Waals surface area (Å²) in [6.07, 6.45) is 1.26. The molecule has 0 amide bonds. The first-order valence-electron chi connectivity index (χ1n) is 5.48. The molecular formula is C11H23NO3. The van der Waals surface area contributed by atoms with E-state index in [-0.39, 0.29) is 11.9 Å². The van der Waals surface area contributed by atoms with Crippen LogP contribution in [0.1, 0.15) is 27.2 Å². The first-order valence-corrected chi connectivity index (χ1v) is 5.48. The van der Waals surface area contributed by atoms with E-state index in [4.69, 9.17) is 4.74 Å². The Labute approximate surface area is 92.3 Å². The van der Waals surface area contributed by atoms with Gasteiger partial charge in [-0.2, -0.15) is 0 Å². The Kier molecular flexibility index (Phi) is 8.33. The number of nitrogens with one attached hydrogen (secondary N) is 1. The van der Waals surface area contributed by atoms with Crippen LogP contribution in [0.4, 0.5) is 0 Å². The van der Waals surface area contributed by atoms with Crippen LogP contribution in [0.3, 0.4) is 0 Å². The molecule has 15 heavy (non-hydrogen) atoms. The normalized spacial score (nSPS) is 12.9. The number of methoxy groups -OCH3 is 1. The lowest BCUT2D eigenvalue weighted by molar-refractivity contribution is -0.144. The first kappa shape index (κ1) is 14.4. The van der Waals surface area contributed by atoms with Crippen LogP contribution in [-0.4, -0.2) is 38.9 Å². The zero-order valence-corrected chi connectivity index (χ0v) is 10.2. The number of rotatable bonds is 8. The summed E-state index contributed by atoms with van der Waals surface area (Å²) in [6.45, 7) is 8.18. The highest BCUT2D eigenvalue weighted by Gasteiger charge is 2.11. The minimum Gasteiger partial charge on any atom is -0.469 e. The monoisotopic (exact) mass is 217 g/mol. The predicted molar refractivity (Wildman–Crippen MR) is 59.8 cm³/mol. The third-order valence-corrected chi connectivity index (χ3v) is 2.00. The molecule has 0 aromatic rings. The van der Waals surface area contributed by atoms with Crippen LogP contribution in [0.15, 0.2) is 0 Å². The van der Waals surface area contributed by atoms with Crippen molar-refractivity contribution >= 4 is 5.97 Å². The number of esters is 1. The molecule has 0 aliphatic rings. The molecule has 4 nitrogen and oxygen atoms in total. The minimum atomic E-state index is -0.166.